The van der Waals surface area contributed by atoms with Crippen molar-refractivity contribution in [3.8, 4) is 0 Å². The number of rotatable bonds is 7. The van der Waals surface area contributed by atoms with Crippen LogP contribution in [0.1, 0.15) is 19.3 Å². The Morgan fingerprint density at radius 1 is 1.06 bits per heavy atom. The lowest BCUT2D eigenvalue weighted by molar-refractivity contribution is -0.102. The highest BCUT2D eigenvalue weighted by Gasteiger charge is 2.47. The Morgan fingerprint density at radius 2 is 1.71 bits per heavy atom. The van der Waals surface area contributed by atoms with Crippen LogP contribution in [0.4, 0.5) is 0 Å². The summed E-state index contributed by atoms with van der Waals surface area (Å²) in [4.78, 5) is 1.86. The van der Waals surface area contributed by atoms with Crippen molar-refractivity contribution < 1.29 is 20.1 Å². The molecule has 0 radical (unpaired) electrons. The lowest BCUT2D eigenvalue weighted by atomic mass is 9.95. The van der Waals surface area contributed by atoms with E-state index in [1.54, 1.807) is 0 Å². The minimum absolute atomic E-state index is 0.0476. The van der Waals surface area contributed by atoms with Crippen LogP contribution < -0.4 is 0 Å². The lowest BCUT2D eigenvalue weighted by Gasteiger charge is -2.30. The van der Waals surface area contributed by atoms with E-state index in [1.807, 2.05) is 4.90 Å². The van der Waals surface area contributed by atoms with Crippen molar-refractivity contribution in [2.45, 2.75) is 31.5 Å². The molecule has 0 saturated heterocycles. The van der Waals surface area contributed by atoms with Crippen molar-refractivity contribution in [3.63, 3.8) is 0 Å². The van der Waals surface area contributed by atoms with E-state index in [0.717, 1.165) is 19.3 Å². The number of hydrogen-bond donors (Lipinski definition) is 3. The minimum atomic E-state index is -0.321. The molecule has 0 heterocycles. The van der Waals surface area contributed by atoms with Crippen molar-refractivity contribution in [2.75, 3.05) is 33.0 Å². The van der Waals surface area contributed by atoms with E-state index in [-0.39, 0.29) is 25.4 Å². The zero-order valence-electron chi connectivity index (χ0n) is 10.2. The van der Waals surface area contributed by atoms with Gasteiger partial charge in [-0.15, -0.1) is 0 Å². The van der Waals surface area contributed by atoms with Crippen LogP contribution >= 0.6 is 0 Å². The maximum atomic E-state index is 10.0. The molecule has 0 aromatic carbocycles. The van der Waals surface area contributed by atoms with Gasteiger partial charge < -0.3 is 20.1 Å². The van der Waals surface area contributed by atoms with Gasteiger partial charge in [-0.3, -0.25) is 4.90 Å². The van der Waals surface area contributed by atoms with E-state index >= 15 is 0 Å². The predicted octanol–water partition coefficient (Wildman–Crippen LogP) is -0.593. The minimum Gasteiger partial charge on any atom is -0.395 e. The highest BCUT2D eigenvalue weighted by molar-refractivity contribution is 4.97. The van der Waals surface area contributed by atoms with Crippen molar-refractivity contribution in [3.05, 3.63) is 0 Å². The van der Waals surface area contributed by atoms with Crippen molar-refractivity contribution >= 4 is 0 Å². The van der Waals surface area contributed by atoms with Gasteiger partial charge in [0.1, 0.15) is 0 Å². The van der Waals surface area contributed by atoms with Crippen LogP contribution in [0.2, 0.25) is 0 Å². The molecule has 100 valence electrons. The molecule has 2 rings (SSSR count). The summed E-state index contributed by atoms with van der Waals surface area (Å²) in [6.07, 6.45) is 3.01. The number of fused-ring (bicyclic) bond motifs is 2. The number of aliphatic hydroxyl groups is 3. The first-order valence-electron chi connectivity index (χ1n) is 6.50. The molecular formula is C12H23NO4. The standard InChI is InChI=1S/C12H23NO4/c14-5-3-13(4-6-15)8-17-12-10-2-1-9(7-10)11(12)16/h9-12,14-16H,1-8H2. The van der Waals surface area contributed by atoms with Crippen molar-refractivity contribution in [1.82, 2.24) is 4.90 Å². The van der Waals surface area contributed by atoms with Gasteiger partial charge in [-0.25, -0.2) is 0 Å². The fourth-order valence-electron chi connectivity index (χ4n) is 3.16. The fraction of sp³-hybridized carbons (Fsp3) is 1.00. The zero-order chi connectivity index (χ0) is 12.3. The van der Waals surface area contributed by atoms with Gasteiger partial charge in [-0.2, -0.15) is 0 Å². The quantitative estimate of drug-likeness (QED) is 0.523. The molecule has 5 heteroatoms. The summed E-state index contributed by atoms with van der Waals surface area (Å²) in [7, 11) is 0. The van der Waals surface area contributed by atoms with Gasteiger partial charge in [0.05, 0.1) is 32.2 Å². The smallest absolute Gasteiger partial charge is 0.0997 e. The molecule has 0 amide bonds. The Balaban J connectivity index is 1.76. The van der Waals surface area contributed by atoms with Crippen LogP contribution in [0, 0.1) is 11.8 Å². The van der Waals surface area contributed by atoms with Gasteiger partial charge in [0, 0.05) is 13.1 Å². The number of aliphatic hydroxyl groups excluding tert-OH is 3. The van der Waals surface area contributed by atoms with E-state index in [2.05, 4.69) is 0 Å². The summed E-state index contributed by atoms with van der Waals surface area (Å²) >= 11 is 0. The summed E-state index contributed by atoms with van der Waals surface area (Å²) in [6, 6.07) is 0. The first-order valence-corrected chi connectivity index (χ1v) is 6.50. The second kappa shape index (κ2) is 6.11. The second-order valence-corrected chi connectivity index (χ2v) is 5.15. The summed E-state index contributed by atoms with van der Waals surface area (Å²) in [5.74, 6) is 0.925. The summed E-state index contributed by atoms with van der Waals surface area (Å²) in [5, 5.41) is 27.8. The van der Waals surface area contributed by atoms with Crippen LogP contribution in [0.3, 0.4) is 0 Å². The molecule has 0 aliphatic heterocycles. The molecular weight excluding hydrogens is 222 g/mol. The van der Waals surface area contributed by atoms with Crippen LogP contribution in [0.15, 0.2) is 0 Å². The second-order valence-electron chi connectivity index (χ2n) is 5.15. The average Bonchev–Trinajstić information content (AvgIpc) is 2.88. The molecule has 2 aliphatic rings. The van der Waals surface area contributed by atoms with E-state index in [9.17, 15) is 5.11 Å². The van der Waals surface area contributed by atoms with Crippen LogP contribution in [0.25, 0.3) is 0 Å². The molecule has 4 unspecified atom stereocenters. The van der Waals surface area contributed by atoms with E-state index in [1.165, 1.54) is 0 Å². The van der Waals surface area contributed by atoms with Gasteiger partial charge in [0.2, 0.25) is 0 Å². The van der Waals surface area contributed by atoms with E-state index < -0.39 is 0 Å². The first kappa shape index (κ1) is 13.2. The summed E-state index contributed by atoms with van der Waals surface area (Å²) in [6.45, 7) is 1.49. The van der Waals surface area contributed by atoms with E-state index in [4.69, 9.17) is 14.9 Å². The SMILES string of the molecule is OCCN(CCO)COC1C2CCC(C2)C1O. The van der Waals surface area contributed by atoms with Crippen LogP contribution in [0.5, 0.6) is 0 Å². The molecule has 0 spiro atoms. The third kappa shape index (κ3) is 2.98. The fourth-order valence-corrected chi connectivity index (χ4v) is 3.16. The molecule has 4 atom stereocenters. The van der Waals surface area contributed by atoms with Crippen LogP contribution in [-0.2, 0) is 4.74 Å². The Bertz CT molecular complexity index is 231. The van der Waals surface area contributed by atoms with Gasteiger partial charge in [-0.1, -0.05) is 0 Å². The molecule has 0 aromatic heterocycles. The first-order chi connectivity index (χ1) is 8.26. The topological polar surface area (TPSA) is 73.2 Å². The van der Waals surface area contributed by atoms with Crippen LogP contribution in [-0.4, -0.2) is 65.5 Å². The molecule has 3 N–H and O–H groups in total. The average molecular weight is 245 g/mol. The van der Waals surface area contributed by atoms with E-state index in [0.29, 0.717) is 31.7 Å². The van der Waals surface area contributed by atoms with Gasteiger partial charge in [0.15, 0.2) is 0 Å². The normalized spacial score (nSPS) is 36.0. The zero-order valence-corrected chi connectivity index (χ0v) is 10.2. The molecule has 2 aliphatic carbocycles. The Hall–Kier alpha value is -0.200. The van der Waals surface area contributed by atoms with Gasteiger partial charge >= 0.3 is 0 Å². The monoisotopic (exact) mass is 245 g/mol. The van der Waals surface area contributed by atoms with Gasteiger partial charge in [0.25, 0.3) is 0 Å². The Kier molecular flexibility index (Phi) is 4.76. The summed E-state index contributed by atoms with van der Waals surface area (Å²) in [5.41, 5.74) is 0. The third-order valence-corrected chi connectivity index (χ3v) is 4.08. The number of nitrogens with zero attached hydrogens (tertiary/aromatic N) is 1. The highest BCUT2D eigenvalue weighted by atomic mass is 16.5. The third-order valence-electron chi connectivity index (χ3n) is 4.08. The largest absolute Gasteiger partial charge is 0.395 e. The maximum Gasteiger partial charge on any atom is 0.0997 e. The molecule has 2 bridgehead atoms. The molecule has 17 heavy (non-hydrogen) atoms. The molecule has 5 nitrogen and oxygen atoms in total. The Labute approximate surface area is 102 Å². The molecule has 2 fully saturated rings. The predicted molar refractivity (Wildman–Crippen MR) is 62.3 cm³/mol. The highest BCUT2D eigenvalue weighted by Crippen LogP contribution is 2.46. The van der Waals surface area contributed by atoms with Gasteiger partial charge in [-0.05, 0) is 31.1 Å². The molecule has 0 aromatic rings. The maximum absolute atomic E-state index is 10.0. The van der Waals surface area contributed by atoms with Crippen molar-refractivity contribution in [2.24, 2.45) is 11.8 Å². The van der Waals surface area contributed by atoms with Crippen molar-refractivity contribution in [1.29, 1.82) is 0 Å². The lowest BCUT2D eigenvalue weighted by Crippen LogP contribution is -2.40. The number of hydrogen-bond acceptors (Lipinski definition) is 5. The summed E-state index contributed by atoms with van der Waals surface area (Å²) < 4.78 is 5.77. The number of ether oxygens (including phenoxy) is 1. The molecule has 2 saturated carbocycles. The Morgan fingerprint density at radius 3 is 2.24 bits per heavy atom.